The number of piperidine rings is 1. The van der Waals surface area contributed by atoms with Crippen LogP contribution in [0.2, 0.25) is 5.02 Å². The van der Waals surface area contributed by atoms with Gasteiger partial charge in [-0.25, -0.2) is 13.4 Å². The summed E-state index contributed by atoms with van der Waals surface area (Å²) in [6.07, 6.45) is 2.77. The predicted octanol–water partition coefficient (Wildman–Crippen LogP) is 4.56. The summed E-state index contributed by atoms with van der Waals surface area (Å²) in [5.74, 6) is 0.977. The highest BCUT2D eigenvalue weighted by Crippen LogP contribution is 2.26. The number of thioether (sulfide) groups is 1. The van der Waals surface area contributed by atoms with Gasteiger partial charge in [-0.2, -0.15) is 4.31 Å². The molecule has 0 saturated carbocycles. The lowest BCUT2D eigenvalue weighted by Crippen LogP contribution is -2.35. The fourth-order valence-corrected chi connectivity index (χ4v) is 6.01. The number of hydrogen-bond donors (Lipinski definition) is 2. The minimum Gasteiger partial charge on any atom is -0.486 e. The summed E-state index contributed by atoms with van der Waals surface area (Å²) in [4.78, 5) is 17.1. The van der Waals surface area contributed by atoms with Crippen molar-refractivity contribution in [2.45, 2.75) is 49.8 Å². The maximum absolute atomic E-state index is 13.0. The second kappa shape index (κ2) is 11.6. The lowest BCUT2D eigenvalue weighted by atomic mass is 10.2. The zero-order valence-electron chi connectivity index (χ0n) is 20.1. The van der Waals surface area contributed by atoms with E-state index in [9.17, 15) is 13.2 Å². The van der Waals surface area contributed by atoms with E-state index in [4.69, 9.17) is 16.3 Å². The molecule has 0 atom stereocenters. The maximum atomic E-state index is 13.0. The van der Waals surface area contributed by atoms with Crippen LogP contribution in [-0.2, 0) is 21.4 Å². The number of hydrogen-bond acceptors (Lipinski definition) is 7. The minimum atomic E-state index is -3.59. The lowest BCUT2D eigenvalue weighted by Gasteiger charge is -2.26. The molecule has 1 aromatic heterocycles. The van der Waals surface area contributed by atoms with Crippen LogP contribution in [0.25, 0.3) is 0 Å². The van der Waals surface area contributed by atoms with Gasteiger partial charge in [-0.05, 0) is 68.1 Å². The number of nitrogens with zero attached hydrogens (tertiary/aromatic N) is 3. The SMILES string of the molecule is Cc1cc(OCc2nc(SCC(=O)Nc3cc(S(=O)(=O)N4CCCCC4)ccc3C)n[nH]2)ccc1Cl. The van der Waals surface area contributed by atoms with Crippen LogP contribution in [0.1, 0.15) is 36.2 Å². The van der Waals surface area contributed by atoms with E-state index in [0.29, 0.717) is 40.5 Å². The monoisotopic (exact) mass is 549 g/mol. The topological polar surface area (TPSA) is 117 Å². The van der Waals surface area contributed by atoms with Gasteiger partial charge in [0.25, 0.3) is 0 Å². The molecule has 1 aliphatic heterocycles. The number of benzene rings is 2. The first-order chi connectivity index (χ1) is 17.2. The number of carbonyl (C=O) groups is 1. The summed E-state index contributed by atoms with van der Waals surface area (Å²) in [5, 5.41) is 10.8. The molecule has 2 aromatic carbocycles. The van der Waals surface area contributed by atoms with Crippen molar-refractivity contribution < 1.29 is 17.9 Å². The largest absolute Gasteiger partial charge is 0.486 e. The second-order valence-corrected chi connectivity index (χ2v) is 11.8. The van der Waals surface area contributed by atoms with Crippen LogP contribution >= 0.6 is 23.4 Å². The molecule has 0 aliphatic carbocycles. The van der Waals surface area contributed by atoms with E-state index in [0.717, 1.165) is 30.4 Å². The van der Waals surface area contributed by atoms with Crippen LogP contribution in [0.15, 0.2) is 46.5 Å². The number of aromatic amines is 1. The van der Waals surface area contributed by atoms with E-state index in [2.05, 4.69) is 20.5 Å². The third-order valence-electron chi connectivity index (χ3n) is 5.78. The third kappa shape index (κ3) is 6.58. The lowest BCUT2D eigenvalue weighted by molar-refractivity contribution is -0.113. The Balaban J connectivity index is 1.32. The van der Waals surface area contributed by atoms with Gasteiger partial charge in [0.2, 0.25) is 21.1 Å². The van der Waals surface area contributed by atoms with Crippen LogP contribution in [0, 0.1) is 13.8 Å². The number of anilines is 1. The Labute approximate surface area is 220 Å². The normalized spacial score (nSPS) is 14.5. The molecule has 0 radical (unpaired) electrons. The molecule has 0 bridgehead atoms. The average Bonchev–Trinajstić information content (AvgIpc) is 3.33. The van der Waals surface area contributed by atoms with Gasteiger partial charge in [-0.3, -0.25) is 9.89 Å². The van der Waals surface area contributed by atoms with Crippen LogP contribution in [0.3, 0.4) is 0 Å². The summed E-state index contributed by atoms with van der Waals surface area (Å²) in [6.45, 7) is 4.96. The van der Waals surface area contributed by atoms with Crippen molar-refractivity contribution in [3.63, 3.8) is 0 Å². The molecule has 9 nitrogen and oxygen atoms in total. The molecule has 1 saturated heterocycles. The molecule has 36 heavy (non-hydrogen) atoms. The highest BCUT2D eigenvalue weighted by Gasteiger charge is 2.26. The van der Waals surface area contributed by atoms with Crippen molar-refractivity contribution >= 4 is 45.0 Å². The van der Waals surface area contributed by atoms with Gasteiger partial charge in [0.05, 0.1) is 10.6 Å². The van der Waals surface area contributed by atoms with Crippen molar-refractivity contribution in [2.24, 2.45) is 0 Å². The summed E-state index contributed by atoms with van der Waals surface area (Å²) in [7, 11) is -3.59. The molecule has 3 aromatic rings. The summed E-state index contributed by atoms with van der Waals surface area (Å²) < 4.78 is 33.2. The molecular formula is C24H28ClN5O4S2. The first-order valence-electron chi connectivity index (χ1n) is 11.6. The number of halogens is 1. The Morgan fingerprint density at radius 1 is 1.14 bits per heavy atom. The molecule has 4 rings (SSSR count). The maximum Gasteiger partial charge on any atom is 0.243 e. The number of sulfonamides is 1. The number of aromatic nitrogens is 3. The quantitative estimate of drug-likeness (QED) is 0.376. The van der Waals surface area contributed by atoms with Gasteiger partial charge in [0.1, 0.15) is 12.4 Å². The zero-order valence-corrected chi connectivity index (χ0v) is 22.5. The van der Waals surface area contributed by atoms with Gasteiger partial charge in [-0.1, -0.05) is 35.9 Å². The molecule has 1 aliphatic rings. The van der Waals surface area contributed by atoms with Gasteiger partial charge >= 0.3 is 0 Å². The number of amides is 1. The van der Waals surface area contributed by atoms with E-state index >= 15 is 0 Å². The van der Waals surface area contributed by atoms with E-state index in [1.165, 1.54) is 22.1 Å². The molecular weight excluding hydrogens is 522 g/mol. The first-order valence-corrected chi connectivity index (χ1v) is 14.4. The Bertz CT molecular complexity index is 1340. The van der Waals surface area contributed by atoms with Crippen LogP contribution < -0.4 is 10.1 Å². The average molecular weight is 550 g/mol. The van der Waals surface area contributed by atoms with E-state index in [1.54, 1.807) is 24.3 Å². The molecule has 192 valence electrons. The summed E-state index contributed by atoms with van der Waals surface area (Å²) >= 11 is 7.20. The molecule has 2 N–H and O–H groups in total. The second-order valence-electron chi connectivity index (χ2n) is 8.54. The Hall–Kier alpha value is -2.60. The molecule has 1 amide bonds. The highest BCUT2D eigenvalue weighted by atomic mass is 35.5. The number of aryl methyl sites for hydroxylation is 2. The van der Waals surface area contributed by atoms with E-state index in [1.807, 2.05) is 19.9 Å². The van der Waals surface area contributed by atoms with E-state index in [-0.39, 0.29) is 23.2 Å². The predicted molar refractivity (Wildman–Crippen MR) is 140 cm³/mol. The highest BCUT2D eigenvalue weighted by molar-refractivity contribution is 7.99. The number of nitrogens with one attached hydrogen (secondary N) is 2. The van der Waals surface area contributed by atoms with Crippen LogP contribution in [-0.4, -0.2) is 52.7 Å². The molecule has 1 fully saturated rings. The summed E-state index contributed by atoms with van der Waals surface area (Å²) in [6, 6.07) is 10.2. The summed E-state index contributed by atoms with van der Waals surface area (Å²) in [5.41, 5.74) is 2.17. The molecule has 0 unspecified atom stereocenters. The first kappa shape index (κ1) is 26.5. The minimum absolute atomic E-state index is 0.0665. The zero-order chi connectivity index (χ0) is 25.7. The number of H-pyrrole nitrogens is 1. The fourth-order valence-electron chi connectivity index (χ4n) is 3.73. The third-order valence-corrected chi connectivity index (χ3v) is 8.95. The van der Waals surface area contributed by atoms with Gasteiger partial charge < -0.3 is 10.1 Å². The molecule has 12 heteroatoms. The van der Waals surface area contributed by atoms with Crippen molar-refractivity contribution in [2.75, 3.05) is 24.2 Å². The van der Waals surface area contributed by atoms with Gasteiger partial charge in [0.15, 0.2) is 5.82 Å². The molecule has 2 heterocycles. The van der Waals surface area contributed by atoms with E-state index < -0.39 is 10.0 Å². The van der Waals surface area contributed by atoms with Crippen molar-refractivity contribution in [3.05, 3.63) is 58.4 Å². The number of ether oxygens (including phenoxy) is 1. The Kier molecular flexibility index (Phi) is 8.55. The van der Waals surface area contributed by atoms with Crippen LogP contribution in [0.5, 0.6) is 5.75 Å². The fraction of sp³-hybridized carbons (Fsp3) is 0.375. The Morgan fingerprint density at radius 3 is 2.67 bits per heavy atom. The number of rotatable bonds is 9. The molecule has 0 spiro atoms. The van der Waals surface area contributed by atoms with Gasteiger partial charge in [-0.15, -0.1) is 5.10 Å². The Morgan fingerprint density at radius 2 is 1.92 bits per heavy atom. The smallest absolute Gasteiger partial charge is 0.243 e. The number of carbonyl (C=O) groups excluding carboxylic acids is 1. The van der Waals surface area contributed by atoms with Crippen molar-refractivity contribution in [1.29, 1.82) is 0 Å². The van der Waals surface area contributed by atoms with Crippen molar-refractivity contribution in [3.8, 4) is 5.75 Å². The van der Waals surface area contributed by atoms with Crippen molar-refractivity contribution in [1.82, 2.24) is 19.5 Å². The van der Waals surface area contributed by atoms with Gasteiger partial charge in [0, 0.05) is 23.8 Å². The van der Waals surface area contributed by atoms with Crippen LogP contribution in [0.4, 0.5) is 5.69 Å². The standard InChI is InChI=1S/C24H28ClN5O4S2/c1-16-6-8-19(36(32,33)30-10-4-3-5-11-30)13-21(16)26-23(31)15-35-24-27-22(28-29-24)14-34-18-7-9-20(25)17(2)12-18/h6-9,12-13H,3-5,10-11,14-15H2,1-2H3,(H,26,31)(H,27,28,29).